The smallest absolute Gasteiger partial charge is 0.334 e. The summed E-state index contributed by atoms with van der Waals surface area (Å²) in [7, 11) is 0. The molecule has 0 aliphatic rings. The van der Waals surface area contributed by atoms with Gasteiger partial charge in [0.15, 0.2) is 0 Å². The van der Waals surface area contributed by atoms with Crippen molar-refractivity contribution in [3.05, 3.63) is 0 Å². The molecule has 0 radical (unpaired) electrons. The monoisotopic (exact) mass is 264 g/mol. The quantitative estimate of drug-likeness (QED) is 0.708. The van der Waals surface area contributed by atoms with Crippen LogP contribution in [0.25, 0.3) is 0 Å². The lowest BCUT2D eigenvalue weighted by molar-refractivity contribution is -0.156. The van der Waals surface area contributed by atoms with Gasteiger partial charge in [-0.05, 0) is 34.1 Å². The van der Waals surface area contributed by atoms with Gasteiger partial charge in [0.25, 0.3) is 0 Å². The first-order valence-electron chi connectivity index (χ1n) is 5.95. The van der Waals surface area contributed by atoms with Gasteiger partial charge in [0.05, 0.1) is 12.7 Å². The Morgan fingerprint density at radius 2 is 1.44 bits per heavy atom. The third-order valence-electron chi connectivity index (χ3n) is 1.48. The number of carbonyl (C=O) groups is 2. The maximum atomic E-state index is 10.5. The Kier molecular flexibility index (Phi) is 11.7. The molecule has 0 aliphatic carbocycles. The summed E-state index contributed by atoms with van der Waals surface area (Å²) in [5, 5.41) is 17.2. The molecule has 2 unspecified atom stereocenters. The Hall–Kier alpha value is -1.14. The third-order valence-corrected chi connectivity index (χ3v) is 1.48. The van der Waals surface area contributed by atoms with Gasteiger partial charge >= 0.3 is 11.9 Å². The van der Waals surface area contributed by atoms with Crippen molar-refractivity contribution in [3.63, 3.8) is 0 Å². The van der Waals surface area contributed by atoms with Crippen LogP contribution in [0.5, 0.6) is 0 Å². The van der Waals surface area contributed by atoms with Gasteiger partial charge in [-0.1, -0.05) is 6.92 Å². The first-order valence-corrected chi connectivity index (χ1v) is 5.95. The van der Waals surface area contributed by atoms with Crippen LogP contribution < -0.4 is 0 Å². The maximum Gasteiger partial charge on any atom is 0.334 e. The first kappa shape index (κ1) is 19.2. The lowest BCUT2D eigenvalue weighted by Crippen LogP contribution is -2.22. The number of aliphatic hydroxyl groups is 2. The summed E-state index contributed by atoms with van der Waals surface area (Å²) in [4.78, 5) is 20.9. The van der Waals surface area contributed by atoms with Gasteiger partial charge in [-0.3, -0.25) is 0 Å². The molecule has 0 fully saturated rings. The van der Waals surface area contributed by atoms with E-state index in [1.165, 1.54) is 13.8 Å². The Labute approximate surface area is 108 Å². The second-order valence-electron chi connectivity index (χ2n) is 4.01. The average Bonchev–Trinajstić information content (AvgIpc) is 2.25. The predicted molar refractivity (Wildman–Crippen MR) is 65.8 cm³/mol. The number of hydrogen-bond donors (Lipinski definition) is 2. The van der Waals surface area contributed by atoms with Crippen LogP contribution in [0, 0.1) is 0 Å². The van der Waals surface area contributed by atoms with Crippen LogP contribution in [-0.4, -0.2) is 47.1 Å². The summed E-state index contributed by atoms with van der Waals surface area (Å²) in [5.74, 6) is -1.11. The number of esters is 2. The molecule has 108 valence electrons. The fourth-order valence-electron chi connectivity index (χ4n) is 0.654. The van der Waals surface area contributed by atoms with Crippen molar-refractivity contribution in [2.45, 2.75) is 59.4 Å². The van der Waals surface area contributed by atoms with Gasteiger partial charge in [-0.2, -0.15) is 0 Å². The maximum absolute atomic E-state index is 10.5. The van der Waals surface area contributed by atoms with E-state index in [1.807, 2.05) is 6.92 Å². The van der Waals surface area contributed by atoms with Crippen LogP contribution in [0.4, 0.5) is 0 Å². The normalized spacial score (nSPS) is 13.1. The molecule has 0 saturated heterocycles. The molecule has 2 N–H and O–H groups in total. The van der Waals surface area contributed by atoms with Crippen molar-refractivity contribution in [2.24, 2.45) is 0 Å². The van der Waals surface area contributed by atoms with E-state index in [0.29, 0.717) is 6.61 Å². The Balaban J connectivity index is 0. The molecule has 6 nitrogen and oxygen atoms in total. The van der Waals surface area contributed by atoms with Crippen molar-refractivity contribution in [1.82, 2.24) is 0 Å². The highest BCUT2D eigenvalue weighted by Gasteiger charge is 2.10. The molecule has 0 bridgehead atoms. The molecule has 0 saturated carbocycles. The van der Waals surface area contributed by atoms with Crippen molar-refractivity contribution >= 4 is 11.9 Å². The molecule has 0 aromatic carbocycles. The molecule has 0 heterocycles. The fourth-order valence-corrected chi connectivity index (χ4v) is 0.654. The molecule has 0 spiro atoms. The summed E-state index contributed by atoms with van der Waals surface area (Å²) >= 11 is 0. The van der Waals surface area contributed by atoms with E-state index in [1.54, 1.807) is 13.8 Å². The van der Waals surface area contributed by atoms with Gasteiger partial charge in [-0.25, -0.2) is 9.59 Å². The van der Waals surface area contributed by atoms with Gasteiger partial charge < -0.3 is 19.7 Å². The summed E-state index contributed by atoms with van der Waals surface area (Å²) in [5.41, 5.74) is 0. The van der Waals surface area contributed by atoms with Crippen molar-refractivity contribution in [1.29, 1.82) is 0 Å². The predicted octanol–water partition coefficient (Wildman–Crippen LogP) is 0.639. The molecule has 0 aromatic rings. The minimum absolute atomic E-state index is 0.146. The van der Waals surface area contributed by atoms with Crippen LogP contribution in [0.3, 0.4) is 0 Å². The summed E-state index contributed by atoms with van der Waals surface area (Å²) in [6, 6.07) is 0. The highest BCUT2D eigenvalue weighted by molar-refractivity contribution is 5.74. The van der Waals surface area contributed by atoms with E-state index in [2.05, 4.69) is 9.47 Å². The minimum Gasteiger partial charge on any atom is -0.464 e. The van der Waals surface area contributed by atoms with Gasteiger partial charge in [0.1, 0.15) is 12.2 Å². The minimum atomic E-state index is -1.01. The van der Waals surface area contributed by atoms with Crippen molar-refractivity contribution < 1.29 is 29.3 Å². The Morgan fingerprint density at radius 3 is 1.67 bits per heavy atom. The summed E-state index contributed by atoms with van der Waals surface area (Å²) in [6.07, 6.45) is -1.35. The Morgan fingerprint density at radius 1 is 1.00 bits per heavy atom. The zero-order valence-electron chi connectivity index (χ0n) is 11.7. The van der Waals surface area contributed by atoms with Gasteiger partial charge in [0.2, 0.25) is 0 Å². The van der Waals surface area contributed by atoms with Gasteiger partial charge in [-0.15, -0.1) is 0 Å². The second kappa shape index (κ2) is 11.0. The van der Waals surface area contributed by atoms with E-state index in [9.17, 15) is 9.59 Å². The standard InChI is InChI=1S/2C6H12O3/c1-4(2)9-6(8)5(3)7;1-3-4-9-6(8)5(2)7/h4-5,7H,1-3H3;5,7H,3-4H2,1-2H3. The van der Waals surface area contributed by atoms with E-state index in [0.717, 1.165) is 6.42 Å². The van der Waals surface area contributed by atoms with Crippen LogP contribution in [0.2, 0.25) is 0 Å². The van der Waals surface area contributed by atoms with E-state index in [4.69, 9.17) is 10.2 Å². The highest BCUT2D eigenvalue weighted by atomic mass is 16.6. The van der Waals surface area contributed by atoms with Crippen LogP contribution in [0.1, 0.15) is 41.0 Å². The molecule has 18 heavy (non-hydrogen) atoms. The fraction of sp³-hybridized carbons (Fsp3) is 0.833. The number of hydrogen-bond acceptors (Lipinski definition) is 6. The molecule has 2 atom stereocenters. The van der Waals surface area contributed by atoms with Crippen molar-refractivity contribution in [2.75, 3.05) is 6.61 Å². The Bertz CT molecular complexity index is 235. The second-order valence-corrected chi connectivity index (χ2v) is 4.01. The summed E-state index contributed by atoms with van der Waals surface area (Å²) < 4.78 is 9.19. The van der Waals surface area contributed by atoms with Crippen molar-refractivity contribution in [3.8, 4) is 0 Å². The molecule has 0 rings (SSSR count). The molecular formula is C12H24O6. The molecular weight excluding hydrogens is 240 g/mol. The first-order chi connectivity index (χ1) is 8.22. The van der Waals surface area contributed by atoms with Crippen LogP contribution in [0.15, 0.2) is 0 Å². The van der Waals surface area contributed by atoms with E-state index in [-0.39, 0.29) is 6.10 Å². The number of carbonyl (C=O) groups excluding carboxylic acids is 2. The largest absolute Gasteiger partial charge is 0.464 e. The van der Waals surface area contributed by atoms with Gasteiger partial charge in [0, 0.05) is 0 Å². The lowest BCUT2D eigenvalue weighted by Gasteiger charge is -2.08. The molecule has 6 heteroatoms. The van der Waals surface area contributed by atoms with Crippen LogP contribution >= 0.6 is 0 Å². The molecule has 0 amide bonds. The third kappa shape index (κ3) is 12.9. The van der Waals surface area contributed by atoms with E-state index < -0.39 is 24.1 Å². The SMILES string of the molecule is CC(C)OC(=O)C(C)O.CCCOC(=O)C(C)O. The summed E-state index contributed by atoms with van der Waals surface area (Å²) in [6.45, 7) is 8.53. The number of rotatable bonds is 5. The lowest BCUT2D eigenvalue weighted by atomic mass is 10.4. The highest BCUT2D eigenvalue weighted by Crippen LogP contribution is 1.92. The van der Waals surface area contributed by atoms with E-state index >= 15 is 0 Å². The number of aliphatic hydroxyl groups excluding tert-OH is 2. The zero-order chi connectivity index (χ0) is 14.7. The molecule has 0 aromatic heterocycles. The average molecular weight is 264 g/mol. The van der Waals surface area contributed by atoms with Crippen LogP contribution in [-0.2, 0) is 19.1 Å². The number of ether oxygens (including phenoxy) is 2. The molecule has 0 aliphatic heterocycles. The topological polar surface area (TPSA) is 93.1 Å². The zero-order valence-corrected chi connectivity index (χ0v) is 11.7.